The minimum atomic E-state index is 1.01. The van der Waals surface area contributed by atoms with Crippen LogP contribution in [0.25, 0.3) is 32.9 Å². The largest absolute Gasteiger partial charge is 0.244 e. The topological polar surface area (TPSA) is 29.7 Å². The molecule has 0 fully saturated rings. The second-order valence-electron chi connectivity index (χ2n) is 6.55. The Hall–Kier alpha value is -2.81. The Morgan fingerprint density at radius 3 is 2.50 bits per heavy atom. The second-order valence-corrected chi connectivity index (χ2v) is 6.55. The molecule has 4 aromatic rings. The van der Waals surface area contributed by atoms with Gasteiger partial charge in [-0.2, -0.15) is 0 Å². The van der Waals surface area contributed by atoms with Crippen LogP contribution in [0.2, 0.25) is 0 Å². The fourth-order valence-electron chi connectivity index (χ4n) is 3.37. The molecule has 0 aliphatic carbocycles. The van der Waals surface area contributed by atoms with Crippen molar-refractivity contribution in [3.8, 4) is 11.3 Å². The van der Waals surface area contributed by atoms with Crippen LogP contribution in [0.15, 0.2) is 49.1 Å². The third kappa shape index (κ3) is 2.24. The molecule has 0 spiro atoms. The van der Waals surface area contributed by atoms with Crippen molar-refractivity contribution >= 4 is 21.7 Å². The zero-order chi connectivity index (χ0) is 16.8. The highest BCUT2D eigenvalue weighted by molar-refractivity contribution is 6.06. The van der Waals surface area contributed by atoms with Gasteiger partial charge in [-0.25, -0.2) is 14.5 Å². The van der Waals surface area contributed by atoms with Crippen molar-refractivity contribution in [1.82, 2.24) is 9.97 Å². The molecule has 0 saturated carbocycles. The van der Waals surface area contributed by atoms with Gasteiger partial charge in [-0.3, -0.25) is 0 Å². The van der Waals surface area contributed by atoms with E-state index in [0.717, 1.165) is 10.9 Å². The van der Waals surface area contributed by atoms with Crippen LogP contribution in [-0.2, 0) is 7.05 Å². The molecule has 0 unspecified atom stereocenters. The second kappa shape index (κ2) is 5.38. The molecular weight excluding hydrogens is 294 g/mol. The number of fused-ring (bicyclic) bond motifs is 3. The van der Waals surface area contributed by atoms with Crippen LogP contribution >= 0.6 is 0 Å². The van der Waals surface area contributed by atoms with E-state index in [1.807, 2.05) is 6.20 Å². The lowest BCUT2D eigenvalue weighted by atomic mass is 9.96. The molecule has 0 radical (unpaired) electrons. The van der Waals surface area contributed by atoms with E-state index >= 15 is 0 Å². The highest BCUT2D eigenvalue weighted by Gasteiger charge is 2.16. The maximum absolute atomic E-state index is 4.51. The van der Waals surface area contributed by atoms with Crippen LogP contribution in [0.4, 0.5) is 0 Å². The Bertz CT molecular complexity index is 1100. The fraction of sp³-hybridized carbons (Fsp3) is 0.190. The normalized spacial score (nSPS) is 11.3. The Kier molecular flexibility index (Phi) is 3.31. The quantitative estimate of drug-likeness (QED) is 0.389. The SMILES string of the molecule is Cc1cc(-c2cc3c(ccc4cncnc43)cc2C)[n+](C)cc1C. The fourth-order valence-corrected chi connectivity index (χ4v) is 3.37. The van der Waals surface area contributed by atoms with Crippen LogP contribution in [0.3, 0.4) is 0 Å². The monoisotopic (exact) mass is 314 g/mol. The highest BCUT2D eigenvalue weighted by Crippen LogP contribution is 2.30. The molecule has 0 aliphatic rings. The molecular formula is C21H20N3+. The summed E-state index contributed by atoms with van der Waals surface area (Å²) in [5.74, 6) is 0. The summed E-state index contributed by atoms with van der Waals surface area (Å²) in [6, 6.07) is 11.0. The molecule has 4 rings (SSSR count). The third-order valence-electron chi connectivity index (χ3n) is 4.85. The van der Waals surface area contributed by atoms with Gasteiger partial charge in [0.15, 0.2) is 6.20 Å². The molecule has 3 nitrogen and oxygen atoms in total. The lowest BCUT2D eigenvalue weighted by Gasteiger charge is -2.10. The first kappa shape index (κ1) is 14.8. The van der Waals surface area contributed by atoms with Gasteiger partial charge >= 0.3 is 0 Å². The lowest BCUT2D eigenvalue weighted by Crippen LogP contribution is -2.31. The zero-order valence-corrected chi connectivity index (χ0v) is 14.5. The number of benzene rings is 2. The highest BCUT2D eigenvalue weighted by atomic mass is 14.9. The van der Waals surface area contributed by atoms with Crippen LogP contribution in [-0.4, -0.2) is 9.97 Å². The number of pyridine rings is 1. The van der Waals surface area contributed by atoms with Crippen LogP contribution in [0.1, 0.15) is 16.7 Å². The summed E-state index contributed by atoms with van der Waals surface area (Å²) in [6.07, 6.45) is 5.69. The summed E-state index contributed by atoms with van der Waals surface area (Å²) in [5, 5.41) is 3.46. The van der Waals surface area contributed by atoms with E-state index in [2.05, 4.69) is 78.9 Å². The molecule has 0 amide bonds. The van der Waals surface area contributed by atoms with Crippen molar-refractivity contribution in [3.63, 3.8) is 0 Å². The predicted octanol–water partition coefficient (Wildman–Crippen LogP) is 4.20. The number of hydrogen-bond acceptors (Lipinski definition) is 2. The van der Waals surface area contributed by atoms with Gasteiger partial charge in [-0.1, -0.05) is 18.2 Å². The van der Waals surface area contributed by atoms with E-state index in [1.54, 1.807) is 6.33 Å². The number of hydrogen-bond donors (Lipinski definition) is 0. The standard InChI is InChI=1S/C21H20N3/c1-13-8-20(24(4)11-15(13)3)18-9-19-16(7-14(18)2)5-6-17-10-22-12-23-21(17)19/h5-12H,1-4H3/q+1. The maximum atomic E-state index is 4.51. The van der Waals surface area contributed by atoms with E-state index in [9.17, 15) is 0 Å². The van der Waals surface area contributed by atoms with Crippen molar-refractivity contribution in [2.45, 2.75) is 20.8 Å². The summed E-state index contributed by atoms with van der Waals surface area (Å²) in [4.78, 5) is 8.65. The van der Waals surface area contributed by atoms with Crippen molar-refractivity contribution in [1.29, 1.82) is 0 Å². The van der Waals surface area contributed by atoms with Crippen molar-refractivity contribution in [3.05, 3.63) is 65.7 Å². The van der Waals surface area contributed by atoms with Crippen molar-refractivity contribution < 1.29 is 4.57 Å². The summed E-state index contributed by atoms with van der Waals surface area (Å²) >= 11 is 0. The average Bonchev–Trinajstić information content (AvgIpc) is 2.57. The molecule has 0 bridgehead atoms. The van der Waals surface area contributed by atoms with Gasteiger partial charge in [-0.15, -0.1) is 0 Å². The minimum Gasteiger partial charge on any atom is -0.244 e. The zero-order valence-electron chi connectivity index (χ0n) is 14.5. The molecule has 0 saturated heterocycles. The van der Waals surface area contributed by atoms with E-state index in [-0.39, 0.29) is 0 Å². The summed E-state index contributed by atoms with van der Waals surface area (Å²) in [6.45, 7) is 6.49. The Balaban J connectivity index is 2.08. The molecule has 0 atom stereocenters. The number of nitrogens with zero attached hydrogens (tertiary/aromatic N) is 3. The Labute approximate surface area is 141 Å². The smallest absolute Gasteiger partial charge is 0.212 e. The first-order valence-corrected chi connectivity index (χ1v) is 8.15. The van der Waals surface area contributed by atoms with Gasteiger partial charge in [0.05, 0.1) is 5.52 Å². The number of rotatable bonds is 1. The molecule has 2 aromatic heterocycles. The molecule has 2 heterocycles. The molecule has 0 aliphatic heterocycles. The van der Waals surface area contributed by atoms with Crippen LogP contribution < -0.4 is 4.57 Å². The van der Waals surface area contributed by atoms with Crippen LogP contribution in [0, 0.1) is 20.8 Å². The Morgan fingerprint density at radius 2 is 1.67 bits per heavy atom. The molecule has 24 heavy (non-hydrogen) atoms. The van der Waals surface area contributed by atoms with Gasteiger partial charge in [0.1, 0.15) is 13.4 Å². The van der Waals surface area contributed by atoms with E-state index < -0.39 is 0 Å². The lowest BCUT2D eigenvalue weighted by molar-refractivity contribution is -0.660. The van der Waals surface area contributed by atoms with E-state index in [1.165, 1.54) is 38.7 Å². The van der Waals surface area contributed by atoms with Gasteiger partial charge in [0, 0.05) is 34.2 Å². The predicted molar refractivity (Wildman–Crippen MR) is 97.9 cm³/mol. The summed E-state index contributed by atoms with van der Waals surface area (Å²) in [5.41, 5.74) is 7.37. The summed E-state index contributed by atoms with van der Waals surface area (Å²) in [7, 11) is 2.11. The van der Waals surface area contributed by atoms with Gasteiger partial charge in [-0.05, 0) is 43.4 Å². The summed E-state index contributed by atoms with van der Waals surface area (Å²) < 4.78 is 2.20. The first-order valence-electron chi connectivity index (χ1n) is 8.15. The van der Waals surface area contributed by atoms with Crippen LogP contribution in [0.5, 0.6) is 0 Å². The first-order chi connectivity index (χ1) is 11.5. The number of aryl methyl sites for hydroxylation is 4. The van der Waals surface area contributed by atoms with E-state index in [0.29, 0.717) is 0 Å². The van der Waals surface area contributed by atoms with Gasteiger partial charge < -0.3 is 0 Å². The Morgan fingerprint density at radius 1 is 0.875 bits per heavy atom. The number of aromatic nitrogens is 3. The van der Waals surface area contributed by atoms with Gasteiger partial charge in [0.25, 0.3) is 0 Å². The molecule has 118 valence electrons. The van der Waals surface area contributed by atoms with Gasteiger partial charge in [0.2, 0.25) is 5.69 Å². The van der Waals surface area contributed by atoms with E-state index in [4.69, 9.17) is 0 Å². The third-order valence-corrected chi connectivity index (χ3v) is 4.85. The minimum absolute atomic E-state index is 1.01. The molecule has 3 heteroatoms. The van der Waals surface area contributed by atoms with Crippen molar-refractivity contribution in [2.24, 2.45) is 7.05 Å². The van der Waals surface area contributed by atoms with Crippen molar-refractivity contribution in [2.75, 3.05) is 0 Å². The molecule has 0 N–H and O–H groups in total. The maximum Gasteiger partial charge on any atom is 0.212 e. The average molecular weight is 314 g/mol. The molecule has 2 aromatic carbocycles.